The first-order valence-corrected chi connectivity index (χ1v) is 4.89. The fourth-order valence-corrected chi connectivity index (χ4v) is 1.39. The van der Waals surface area contributed by atoms with Crippen LogP contribution in [0.25, 0.3) is 0 Å². The quantitative estimate of drug-likeness (QED) is 0.687. The molecule has 0 saturated carbocycles. The van der Waals surface area contributed by atoms with Crippen molar-refractivity contribution in [3.05, 3.63) is 29.8 Å². The second-order valence-electron chi connectivity index (χ2n) is 3.53. The predicted molar refractivity (Wildman–Crippen MR) is 56.2 cm³/mol. The van der Waals surface area contributed by atoms with Crippen molar-refractivity contribution in [1.29, 1.82) is 0 Å². The first-order chi connectivity index (χ1) is 6.27. The molecule has 0 radical (unpaired) electrons. The highest BCUT2D eigenvalue weighted by atomic mass is 16.5. The molecule has 1 nitrogen and oxygen atoms in total. The second-order valence-corrected chi connectivity index (χ2v) is 3.53. The van der Waals surface area contributed by atoms with Gasteiger partial charge in [-0.15, -0.1) is 0 Å². The lowest BCUT2D eigenvalue weighted by Crippen LogP contribution is -1.99. The Kier molecular flexibility index (Phi) is 3.81. The molecule has 0 saturated heterocycles. The van der Waals surface area contributed by atoms with Gasteiger partial charge in [-0.1, -0.05) is 38.5 Å². The van der Waals surface area contributed by atoms with Crippen molar-refractivity contribution >= 4 is 0 Å². The summed E-state index contributed by atoms with van der Waals surface area (Å²) < 4.78 is 5.29. The van der Waals surface area contributed by atoms with E-state index in [4.69, 9.17) is 4.74 Å². The average Bonchev–Trinajstić information content (AvgIpc) is 2.18. The van der Waals surface area contributed by atoms with Gasteiger partial charge in [0.05, 0.1) is 7.11 Å². The van der Waals surface area contributed by atoms with Crippen LogP contribution in [0.4, 0.5) is 0 Å². The molecule has 1 unspecified atom stereocenters. The minimum absolute atomic E-state index is 0.733. The maximum absolute atomic E-state index is 5.29. The molecule has 0 N–H and O–H groups in total. The summed E-state index contributed by atoms with van der Waals surface area (Å²) in [6.07, 6.45) is 2.33. The lowest BCUT2D eigenvalue weighted by Gasteiger charge is -2.11. The average molecular weight is 178 g/mol. The molecule has 0 aliphatic carbocycles. The van der Waals surface area contributed by atoms with Gasteiger partial charge in [0, 0.05) is 0 Å². The first-order valence-electron chi connectivity index (χ1n) is 4.89. The van der Waals surface area contributed by atoms with Crippen LogP contribution < -0.4 is 4.74 Å². The van der Waals surface area contributed by atoms with Crippen LogP contribution in [0.15, 0.2) is 24.3 Å². The summed E-state index contributed by atoms with van der Waals surface area (Å²) in [5.74, 6) is 1.75. The fraction of sp³-hybridized carbons (Fsp3) is 0.500. The number of benzene rings is 1. The molecular formula is C12H18O. The third-order valence-electron chi connectivity index (χ3n) is 2.46. The van der Waals surface area contributed by atoms with Gasteiger partial charge in [0.25, 0.3) is 0 Å². The minimum Gasteiger partial charge on any atom is -0.496 e. The molecule has 0 aliphatic rings. The molecule has 1 aromatic carbocycles. The number of ether oxygens (including phenoxy) is 1. The standard InChI is InChI=1S/C12H18O/c1-4-10(2)9-11-7-5-6-8-12(11)13-3/h5-8,10H,4,9H2,1-3H3. The van der Waals surface area contributed by atoms with Gasteiger partial charge in [-0.05, 0) is 24.0 Å². The zero-order valence-electron chi connectivity index (χ0n) is 8.71. The van der Waals surface area contributed by atoms with Crippen molar-refractivity contribution in [3.63, 3.8) is 0 Å². The zero-order chi connectivity index (χ0) is 9.68. The monoisotopic (exact) mass is 178 g/mol. The van der Waals surface area contributed by atoms with Gasteiger partial charge in [0.1, 0.15) is 5.75 Å². The van der Waals surface area contributed by atoms with Crippen LogP contribution in [0, 0.1) is 5.92 Å². The highest BCUT2D eigenvalue weighted by molar-refractivity contribution is 5.33. The minimum atomic E-state index is 0.733. The van der Waals surface area contributed by atoms with Gasteiger partial charge in [0.2, 0.25) is 0 Å². The van der Waals surface area contributed by atoms with E-state index in [-0.39, 0.29) is 0 Å². The van der Waals surface area contributed by atoms with Gasteiger partial charge in [-0.2, -0.15) is 0 Å². The number of hydrogen-bond acceptors (Lipinski definition) is 1. The van der Waals surface area contributed by atoms with Gasteiger partial charge >= 0.3 is 0 Å². The summed E-state index contributed by atoms with van der Waals surface area (Å²) in [6.45, 7) is 4.49. The summed E-state index contributed by atoms with van der Waals surface area (Å²) in [4.78, 5) is 0. The van der Waals surface area contributed by atoms with Crippen LogP contribution >= 0.6 is 0 Å². The maximum Gasteiger partial charge on any atom is 0.122 e. The normalized spacial score (nSPS) is 12.5. The topological polar surface area (TPSA) is 9.23 Å². The third-order valence-corrected chi connectivity index (χ3v) is 2.46. The lowest BCUT2D eigenvalue weighted by molar-refractivity contribution is 0.405. The molecular weight excluding hydrogens is 160 g/mol. The third kappa shape index (κ3) is 2.76. The smallest absolute Gasteiger partial charge is 0.122 e. The molecule has 13 heavy (non-hydrogen) atoms. The highest BCUT2D eigenvalue weighted by Gasteiger charge is 2.05. The van der Waals surface area contributed by atoms with Crippen molar-refractivity contribution in [2.24, 2.45) is 5.92 Å². The molecule has 0 spiro atoms. The maximum atomic E-state index is 5.29. The fourth-order valence-electron chi connectivity index (χ4n) is 1.39. The molecule has 0 aliphatic heterocycles. The number of hydrogen-bond donors (Lipinski definition) is 0. The van der Waals surface area contributed by atoms with Crippen LogP contribution in [0.2, 0.25) is 0 Å². The molecule has 0 bridgehead atoms. The van der Waals surface area contributed by atoms with E-state index < -0.39 is 0 Å². The van der Waals surface area contributed by atoms with Crippen LogP contribution in [-0.2, 0) is 6.42 Å². The molecule has 1 atom stereocenters. The Bertz CT molecular complexity index is 255. The Labute approximate surface area is 80.7 Å². The van der Waals surface area contributed by atoms with E-state index in [1.54, 1.807) is 7.11 Å². The molecule has 0 heterocycles. The molecule has 1 heteroatoms. The van der Waals surface area contributed by atoms with E-state index in [9.17, 15) is 0 Å². The van der Waals surface area contributed by atoms with Crippen LogP contribution in [0.3, 0.4) is 0 Å². The molecule has 1 rings (SSSR count). The molecule has 72 valence electrons. The van der Waals surface area contributed by atoms with Gasteiger partial charge in [-0.25, -0.2) is 0 Å². The van der Waals surface area contributed by atoms with Crippen molar-refractivity contribution in [3.8, 4) is 5.75 Å². The van der Waals surface area contributed by atoms with E-state index in [2.05, 4.69) is 26.0 Å². The molecule has 0 fully saturated rings. The lowest BCUT2D eigenvalue weighted by atomic mass is 9.98. The SMILES string of the molecule is CCC(C)Cc1ccccc1OC. The summed E-state index contributed by atoms with van der Waals surface area (Å²) in [5.41, 5.74) is 1.32. The van der Waals surface area contributed by atoms with Crippen LogP contribution in [0.5, 0.6) is 5.75 Å². The Morgan fingerprint density at radius 1 is 1.31 bits per heavy atom. The number of rotatable bonds is 4. The summed E-state index contributed by atoms with van der Waals surface area (Å²) >= 11 is 0. The molecule has 1 aromatic rings. The first kappa shape index (κ1) is 10.1. The van der Waals surface area contributed by atoms with Crippen LogP contribution in [0.1, 0.15) is 25.8 Å². The van der Waals surface area contributed by atoms with E-state index in [0.29, 0.717) is 0 Å². The largest absolute Gasteiger partial charge is 0.496 e. The summed E-state index contributed by atoms with van der Waals surface area (Å²) in [6, 6.07) is 8.25. The van der Waals surface area contributed by atoms with E-state index in [0.717, 1.165) is 18.1 Å². The Morgan fingerprint density at radius 3 is 2.62 bits per heavy atom. The van der Waals surface area contributed by atoms with Gasteiger partial charge in [-0.3, -0.25) is 0 Å². The van der Waals surface area contributed by atoms with Crippen molar-refractivity contribution in [1.82, 2.24) is 0 Å². The Hall–Kier alpha value is -0.980. The Balaban J connectivity index is 2.74. The highest BCUT2D eigenvalue weighted by Crippen LogP contribution is 2.21. The van der Waals surface area contributed by atoms with Crippen molar-refractivity contribution in [2.75, 3.05) is 7.11 Å². The Morgan fingerprint density at radius 2 is 2.00 bits per heavy atom. The van der Waals surface area contributed by atoms with E-state index >= 15 is 0 Å². The van der Waals surface area contributed by atoms with E-state index in [1.165, 1.54) is 12.0 Å². The number of methoxy groups -OCH3 is 1. The summed E-state index contributed by atoms with van der Waals surface area (Å²) in [5, 5.41) is 0. The van der Waals surface area contributed by atoms with Crippen LogP contribution in [-0.4, -0.2) is 7.11 Å². The molecule has 0 aromatic heterocycles. The summed E-state index contributed by atoms with van der Waals surface area (Å²) in [7, 11) is 1.73. The predicted octanol–water partition coefficient (Wildman–Crippen LogP) is 3.28. The van der Waals surface area contributed by atoms with Crippen molar-refractivity contribution in [2.45, 2.75) is 26.7 Å². The van der Waals surface area contributed by atoms with E-state index in [1.807, 2.05) is 12.1 Å². The zero-order valence-corrected chi connectivity index (χ0v) is 8.71. The molecule has 0 amide bonds. The van der Waals surface area contributed by atoms with Gasteiger partial charge < -0.3 is 4.74 Å². The van der Waals surface area contributed by atoms with Crippen molar-refractivity contribution < 1.29 is 4.74 Å². The number of para-hydroxylation sites is 1. The second kappa shape index (κ2) is 4.90. The van der Waals surface area contributed by atoms with Gasteiger partial charge in [0.15, 0.2) is 0 Å².